The van der Waals surface area contributed by atoms with Crippen LogP contribution in [0.2, 0.25) is 0 Å². The van der Waals surface area contributed by atoms with Crippen molar-refractivity contribution in [1.82, 2.24) is 9.36 Å². The molecule has 0 radical (unpaired) electrons. The van der Waals surface area contributed by atoms with E-state index in [2.05, 4.69) is 14.7 Å². The minimum atomic E-state index is -0.984. The number of ether oxygens (including phenoxy) is 1. The smallest absolute Gasteiger partial charge is 0.334 e. The van der Waals surface area contributed by atoms with Gasteiger partial charge in [0.05, 0.1) is 6.54 Å². The summed E-state index contributed by atoms with van der Waals surface area (Å²) in [5.74, 6) is 0.406. The van der Waals surface area contributed by atoms with E-state index in [1.807, 2.05) is 0 Å². The van der Waals surface area contributed by atoms with Gasteiger partial charge in [0.1, 0.15) is 5.82 Å². The zero-order valence-electron chi connectivity index (χ0n) is 8.84. The molecule has 0 bridgehead atoms. The Labute approximate surface area is 96.8 Å². The van der Waals surface area contributed by atoms with Gasteiger partial charge in [0.25, 0.3) is 0 Å². The minimum absolute atomic E-state index is 0.200. The molecule has 1 heterocycles. The van der Waals surface area contributed by atoms with Crippen LogP contribution in [0.15, 0.2) is 0 Å². The summed E-state index contributed by atoms with van der Waals surface area (Å²) in [4.78, 5) is 15.0. The minimum Gasteiger partial charge on any atom is -0.479 e. The van der Waals surface area contributed by atoms with Crippen molar-refractivity contribution in [3.8, 4) is 0 Å². The number of methoxy groups -OCH3 is 1. The molecule has 0 saturated heterocycles. The Morgan fingerprint density at radius 1 is 1.75 bits per heavy atom. The zero-order chi connectivity index (χ0) is 11.5. The number of hydrogen-bond acceptors (Lipinski definition) is 6. The Bertz CT molecular complexity index is 378. The maximum Gasteiger partial charge on any atom is 0.334 e. The second-order valence-corrected chi connectivity index (χ2v) is 4.43. The highest BCUT2D eigenvalue weighted by atomic mass is 32.1. The third-order valence-corrected chi connectivity index (χ3v) is 3.07. The van der Waals surface area contributed by atoms with Crippen molar-refractivity contribution in [2.24, 2.45) is 0 Å². The van der Waals surface area contributed by atoms with E-state index in [0.29, 0.717) is 11.0 Å². The lowest BCUT2D eigenvalue weighted by Crippen LogP contribution is -2.30. The molecule has 7 heteroatoms. The molecule has 0 aliphatic heterocycles. The van der Waals surface area contributed by atoms with Crippen molar-refractivity contribution in [2.75, 3.05) is 19.0 Å². The Balaban J connectivity index is 1.85. The second kappa shape index (κ2) is 4.75. The third kappa shape index (κ3) is 2.67. The van der Waals surface area contributed by atoms with E-state index in [9.17, 15) is 4.79 Å². The monoisotopic (exact) mass is 243 g/mol. The molecular formula is C9H13N3O3S. The first-order chi connectivity index (χ1) is 7.70. The number of nitrogens with zero attached hydrogens (tertiary/aromatic N) is 2. The first kappa shape index (κ1) is 11.3. The summed E-state index contributed by atoms with van der Waals surface area (Å²) < 4.78 is 9.00. The average molecular weight is 243 g/mol. The molecule has 1 aliphatic rings. The van der Waals surface area contributed by atoms with Crippen LogP contribution in [-0.2, 0) is 9.53 Å². The van der Waals surface area contributed by atoms with Crippen LogP contribution in [0.1, 0.15) is 24.6 Å². The number of carboxylic acid groups (broad SMARTS) is 1. The standard InChI is InChI=1S/C9H13N3O3S/c1-15-6(8(13)14)4-10-9-11-7(12-16-9)5-2-3-5/h5-6H,2-4H2,1H3,(H,13,14)(H,10,11,12). The number of carbonyl (C=O) groups is 1. The van der Waals surface area contributed by atoms with Crippen LogP contribution < -0.4 is 5.32 Å². The number of aliphatic carboxylic acids is 1. The van der Waals surface area contributed by atoms with Crippen LogP contribution >= 0.6 is 11.5 Å². The topological polar surface area (TPSA) is 84.3 Å². The molecule has 1 aromatic rings. The molecule has 0 spiro atoms. The molecule has 1 fully saturated rings. The van der Waals surface area contributed by atoms with Gasteiger partial charge in [-0.3, -0.25) is 0 Å². The number of hydrogen-bond donors (Lipinski definition) is 2. The lowest BCUT2D eigenvalue weighted by Gasteiger charge is -2.09. The van der Waals surface area contributed by atoms with Gasteiger partial charge in [0.15, 0.2) is 6.10 Å². The number of rotatable bonds is 6. The molecular weight excluding hydrogens is 230 g/mol. The van der Waals surface area contributed by atoms with Crippen LogP contribution in [-0.4, -0.2) is 40.2 Å². The lowest BCUT2D eigenvalue weighted by molar-refractivity contribution is -0.147. The van der Waals surface area contributed by atoms with Crippen LogP contribution in [0.4, 0.5) is 5.13 Å². The van der Waals surface area contributed by atoms with E-state index >= 15 is 0 Å². The number of nitrogens with one attached hydrogen (secondary N) is 1. The molecule has 6 nitrogen and oxygen atoms in total. The summed E-state index contributed by atoms with van der Waals surface area (Å²) >= 11 is 1.26. The van der Waals surface area contributed by atoms with E-state index in [0.717, 1.165) is 18.7 Å². The molecule has 88 valence electrons. The van der Waals surface area contributed by atoms with Gasteiger partial charge in [-0.15, -0.1) is 0 Å². The fourth-order valence-electron chi connectivity index (χ4n) is 1.27. The van der Waals surface area contributed by atoms with Gasteiger partial charge in [-0.1, -0.05) is 0 Å². The fraction of sp³-hybridized carbons (Fsp3) is 0.667. The van der Waals surface area contributed by atoms with Crippen LogP contribution in [0.25, 0.3) is 0 Å². The fourth-order valence-corrected chi connectivity index (χ4v) is 1.92. The first-order valence-corrected chi connectivity index (χ1v) is 5.81. The van der Waals surface area contributed by atoms with E-state index in [4.69, 9.17) is 9.84 Å². The molecule has 1 saturated carbocycles. The lowest BCUT2D eigenvalue weighted by atomic mass is 10.3. The van der Waals surface area contributed by atoms with Crippen molar-refractivity contribution in [3.63, 3.8) is 0 Å². The summed E-state index contributed by atoms with van der Waals surface area (Å²) in [6.45, 7) is 0.200. The molecule has 0 amide bonds. The van der Waals surface area contributed by atoms with Gasteiger partial charge in [0.2, 0.25) is 5.13 Å². The van der Waals surface area contributed by atoms with Gasteiger partial charge in [-0.05, 0) is 12.8 Å². The summed E-state index contributed by atoms with van der Waals surface area (Å²) in [5, 5.41) is 12.3. The second-order valence-electron chi connectivity index (χ2n) is 3.68. The molecule has 2 rings (SSSR count). The molecule has 1 unspecified atom stereocenters. The van der Waals surface area contributed by atoms with Gasteiger partial charge in [-0.25, -0.2) is 9.78 Å². The average Bonchev–Trinajstić information content (AvgIpc) is 3.00. The zero-order valence-corrected chi connectivity index (χ0v) is 9.66. The summed E-state index contributed by atoms with van der Waals surface area (Å²) in [6.07, 6.45) is 1.46. The molecule has 1 aromatic heterocycles. The normalized spacial score (nSPS) is 17.1. The SMILES string of the molecule is COC(CNc1nc(C2CC2)ns1)C(=O)O. The molecule has 1 atom stereocenters. The maximum atomic E-state index is 10.7. The first-order valence-electron chi connectivity index (χ1n) is 5.03. The van der Waals surface area contributed by atoms with E-state index in [1.165, 1.54) is 18.6 Å². The summed E-state index contributed by atoms with van der Waals surface area (Å²) in [5.41, 5.74) is 0. The highest BCUT2D eigenvalue weighted by molar-refractivity contribution is 7.09. The Hall–Kier alpha value is -1.21. The van der Waals surface area contributed by atoms with E-state index in [-0.39, 0.29) is 6.54 Å². The van der Waals surface area contributed by atoms with Gasteiger partial charge in [0, 0.05) is 24.6 Å². The van der Waals surface area contributed by atoms with E-state index in [1.54, 1.807) is 0 Å². The molecule has 16 heavy (non-hydrogen) atoms. The Morgan fingerprint density at radius 3 is 3.06 bits per heavy atom. The molecule has 0 aromatic carbocycles. The largest absolute Gasteiger partial charge is 0.479 e. The Morgan fingerprint density at radius 2 is 2.50 bits per heavy atom. The third-order valence-electron chi connectivity index (χ3n) is 2.38. The molecule has 2 N–H and O–H groups in total. The van der Waals surface area contributed by atoms with Crippen molar-refractivity contribution in [1.29, 1.82) is 0 Å². The quantitative estimate of drug-likeness (QED) is 0.773. The van der Waals surface area contributed by atoms with Crippen molar-refractivity contribution >= 4 is 22.6 Å². The Kier molecular flexibility index (Phi) is 3.35. The predicted molar refractivity (Wildman–Crippen MR) is 58.8 cm³/mol. The number of aromatic nitrogens is 2. The highest BCUT2D eigenvalue weighted by Gasteiger charge is 2.28. The van der Waals surface area contributed by atoms with Crippen molar-refractivity contribution in [2.45, 2.75) is 24.9 Å². The van der Waals surface area contributed by atoms with Crippen LogP contribution in [0, 0.1) is 0 Å². The number of anilines is 1. The number of carboxylic acids is 1. The summed E-state index contributed by atoms with van der Waals surface area (Å²) in [6, 6.07) is 0. The van der Waals surface area contributed by atoms with E-state index < -0.39 is 12.1 Å². The van der Waals surface area contributed by atoms with Crippen molar-refractivity contribution in [3.05, 3.63) is 5.82 Å². The maximum absolute atomic E-state index is 10.7. The van der Waals surface area contributed by atoms with Gasteiger partial charge < -0.3 is 15.2 Å². The summed E-state index contributed by atoms with van der Waals surface area (Å²) in [7, 11) is 1.37. The van der Waals surface area contributed by atoms with Gasteiger partial charge in [-0.2, -0.15) is 4.37 Å². The predicted octanol–water partition coefficient (Wildman–Crippen LogP) is 0.927. The molecule has 1 aliphatic carbocycles. The highest BCUT2D eigenvalue weighted by Crippen LogP contribution is 2.39. The van der Waals surface area contributed by atoms with Crippen LogP contribution in [0.5, 0.6) is 0 Å². The van der Waals surface area contributed by atoms with Gasteiger partial charge >= 0.3 is 5.97 Å². The van der Waals surface area contributed by atoms with Crippen molar-refractivity contribution < 1.29 is 14.6 Å². The van der Waals surface area contributed by atoms with Crippen LogP contribution in [0.3, 0.4) is 0 Å².